The summed E-state index contributed by atoms with van der Waals surface area (Å²) < 4.78 is 10.4. The van der Waals surface area contributed by atoms with Crippen molar-refractivity contribution >= 4 is 6.09 Å². The van der Waals surface area contributed by atoms with Crippen LogP contribution in [0.3, 0.4) is 0 Å². The van der Waals surface area contributed by atoms with Crippen LogP contribution in [0.2, 0.25) is 0 Å². The van der Waals surface area contributed by atoms with E-state index in [0.717, 1.165) is 16.9 Å². The lowest BCUT2D eigenvalue weighted by Crippen LogP contribution is -2.32. The van der Waals surface area contributed by atoms with Gasteiger partial charge in [0, 0.05) is 18.5 Å². The second kappa shape index (κ2) is 7.58. The Kier molecular flexibility index (Phi) is 6.10. The molecule has 0 radical (unpaired) electrons. The standard InChI is InChI=1S/C17H23NO3/c1-13-9-10-14(12-15(13)20-5)8-6-7-11-18-16(19)21-17(2,3)4/h9-10,12H,7,11H2,1-5H3,(H,18,19). The highest BCUT2D eigenvalue weighted by molar-refractivity contribution is 5.67. The summed E-state index contributed by atoms with van der Waals surface area (Å²) in [6.45, 7) is 7.94. The predicted molar refractivity (Wildman–Crippen MR) is 83.5 cm³/mol. The van der Waals surface area contributed by atoms with Gasteiger partial charge in [-0.2, -0.15) is 0 Å². The SMILES string of the molecule is COc1cc(C#CCCNC(=O)OC(C)(C)C)ccc1C. The van der Waals surface area contributed by atoms with Crippen molar-refractivity contribution in [2.45, 2.75) is 39.7 Å². The molecule has 0 fully saturated rings. The average molecular weight is 289 g/mol. The molecule has 114 valence electrons. The molecule has 4 nitrogen and oxygen atoms in total. The first-order chi connectivity index (χ1) is 9.81. The van der Waals surface area contributed by atoms with E-state index in [1.54, 1.807) is 7.11 Å². The van der Waals surface area contributed by atoms with Gasteiger partial charge in [0.1, 0.15) is 11.4 Å². The number of hydrogen-bond donors (Lipinski definition) is 1. The third-order valence-electron chi connectivity index (χ3n) is 2.56. The van der Waals surface area contributed by atoms with Crippen LogP contribution in [0.15, 0.2) is 18.2 Å². The van der Waals surface area contributed by atoms with E-state index in [-0.39, 0.29) is 0 Å². The van der Waals surface area contributed by atoms with Gasteiger partial charge in [0.15, 0.2) is 0 Å². The Morgan fingerprint density at radius 2 is 2.05 bits per heavy atom. The summed E-state index contributed by atoms with van der Waals surface area (Å²) in [4.78, 5) is 11.4. The largest absolute Gasteiger partial charge is 0.496 e. The maximum Gasteiger partial charge on any atom is 0.407 e. The lowest BCUT2D eigenvalue weighted by Gasteiger charge is -2.19. The molecular formula is C17H23NO3. The lowest BCUT2D eigenvalue weighted by atomic mass is 10.1. The highest BCUT2D eigenvalue weighted by atomic mass is 16.6. The molecule has 0 saturated carbocycles. The van der Waals surface area contributed by atoms with Gasteiger partial charge in [0.05, 0.1) is 7.11 Å². The van der Waals surface area contributed by atoms with Gasteiger partial charge in [0.2, 0.25) is 0 Å². The minimum atomic E-state index is -0.478. The Labute approximate surface area is 126 Å². The zero-order chi connectivity index (χ0) is 15.9. The molecule has 0 unspecified atom stereocenters. The van der Waals surface area contributed by atoms with E-state index in [2.05, 4.69) is 17.2 Å². The highest BCUT2D eigenvalue weighted by Gasteiger charge is 2.15. The summed E-state index contributed by atoms with van der Waals surface area (Å²) in [6.07, 6.45) is 0.149. The van der Waals surface area contributed by atoms with Crippen LogP contribution in [0.1, 0.15) is 38.3 Å². The van der Waals surface area contributed by atoms with Crippen molar-refractivity contribution in [1.82, 2.24) is 5.32 Å². The zero-order valence-electron chi connectivity index (χ0n) is 13.4. The van der Waals surface area contributed by atoms with Crippen molar-refractivity contribution in [3.63, 3.8) is 0 Å². The van der Waals surface area contributed by atoms with E-state index in [4.69, 9.17) is 9.47 Å². The monoisotopic (exact) mass is 289 g/mol. The summed E-state index contributed by atoms with van der Waals surface area (Å²) in [5.74, 6) is 6.89. The number of amides is 1. The molecule has 0 heterocycles. The van der Waals surface area contributed by atoms with Crippen molar-refractivity contribution < 1.29 is 14.3 Å². The number of carbonyl (C=O) groups is 1. The quantitative estimate of drug-likeness (QED) is 0.686. The molecule has 4 heteroatoms. The Bertz CT molecular complexity index is 547. The summed E-state index contributed by atoms with van der Waals surface area (Å²) in [5, 5.41) is 2.67. The van der Waals surface area contributed by atoms with Gasteiger partial charge in [-0.3, -0.25) is 0 Å². The number of aryl methyl sites for hydroxylation is 1. The molecule has 0 bridgehead atoms. The van der Waals surface area contributed by atoms with Gasteiger partial charge < -0.3 is 14.8 Å². The highest BCUT2D eigenvalue weighted by Crippen LogP contribution is 2.18. The predicted octanol–water partition coefficient (Wildman–Crippen LogP) is 3.27. The number of alkyl carbamates (subject to hydrolysis) is 1. The first-order valence-corrected chi connectivity index (χ1v) is 6.92. The maximum atomic E-state index is 11.4. The van der Waals surface area contributed by atoms with Gasteiger partial charge >= 0.3 is 6.09 Å². The second-order valence-corrected chi connectivity index (χ2v) is 5.66. The van der Waals surface area contributed by atoms with E-state index in [9.17, 15) is 4.79 Å². The zero-order valence-corrected chi connectivity index (χ0v) is 13.4. The molecule has 21 heavy (non-hydrogen) atoms. The molecule has 0 aliphatic heterocycles. The number of carbonyl (C=O) groups excluding carboxylic acids is 1. The Hall–Kier alpha value is -2.15. The maximum absolute atomic E-state index is 11.4. The van der Waals surface area contributed by atoms with Gasteiger partial charge in [0.25, 0.3) is 0 Å². The van der Waals surface area contributed by atoms with Crippen LogP contribution in [0.5, 0.6) is 5.75 Å². The number of ether oxygens (including phenoxy) is 2. The molecule has 0 aromatic heterocycles. The molecular weight excluding hydrogens is 266 g/mol. The molecule has 0 aliphatic carbocycles. The third-order valence-corrected chi connectivity index (χ3v) is 2.56. The van der Waals surface area contributed by atoms with Gasteiger partial charge in [-0.25, -0.2) is 4.79 Å². The van der Waals surface area contributed by atoms with E-state index < -0.39 is 11.7 Å². The third kappa shape index (κ3) is 6.71. The number of rotatable bonds is 3. The average Bonchev–Trinajstić information content (AvgIpc) is 2.38. The number of benzene rings is 1. The first kappa shape index (κ1) is 16.9. The van der Waals surface area contributed by atoms with E-state index in [0.29, 0.717) is 13.0 Å². The lowest BCUT2D eigenvalue weighted by molar-refractivity contribution is 0.0529. The van der Waals surface area contributed by atoms with Crippen LogP contribution in [-0.4, -0.2) is 25.3 Å². The van der Waals surface area contributed by atoms with Crippen LogP contribution in [0, 0.1) is 18.8 Å². The first-order valence-electron chi connectivity index (χ1n) is 6.92. The number of methoxy groups -OCH3 is 1. The van der Waals surface area contributed by atoms with Crippen molar-refractivity contribution in [2.24, 2.45) is 0 Å². The molecule has 0 spiro atoms. The molecule has 1 rings (SSSR count). The second-order valence-electron chi connectivity index (χ2n) is 5.66. The smallest absolute Gasteiger partial charge is 0.407 e. The molecule has 0 aliphatic rings. The normalized spacial score (nSPS) is 10.3. The molecule has 0 saturated heterocycles. The molecule has 1 aromatic carbocycles. The van der Waals surface area contributed by atoms with E-state index >= 15 is 0 Å². The Morgan fingerprint density at radius 1 is 1.33 bits per heavy atom. The summed E-state index contributed by atoms with van der Waals surface area (Å²) >= 11 is 0. The topological polar surface area (TPSA) is 47.6 Å². The van der Waals surface area contributed by atoms with Crippen LogP contribution in [-0.2, 0) is 4.74 Å². The van der Waals surface area contributed by atoms with Crippen LogP contribution < -0.4 is 10.1 Å². The molecule has 1 amide bonds. The van der Waals surface area contributed by atoms with Crippen molar-refractivity contribution in [3.8, 4) is 17.6 Å². The summed E-state index contributed by atoms with van der Waals surface area (Å²) in [6, 6.07) is 5.83. The van der Waals surface area contributed by atoms with Crippen molar-refractivity contribution in [2.75, 3.05) is 13.7 Å². The van der Waals surface area contributed by atoms with Gasteiger partial charge in [-0.15, -0.1) is 0 Å². The summed E-state index contributed by atoms with van der Waals surface area (Å²) in [5.41, 5.74) is 1.50. The molecule has 1 aromatic rings. The van der Waals surface area contributed by atoms with Crippen LogP contribution >= 0.6 is 0 Å². The summed E-state index contributed by atoms with van der Waals surface area (Å²) in [7, 11) is 1.64. The fourth-order valence-electron chi connectivity index (χ4n) is 1.60. The minimum Gasteiger partial charge on any atom is -0.496 e. The Morgan fingerprint density at radius 3 is 2.67 bits per heavy atom. The Balaban J connectivity index is 2.42. The fourth-order valence-corrected chi connectivity index (χ4v) is 1.60. The molecule has 1 N–H and O–H groups in total. The van der Waals surface area contributed by atoms with Crippen molar-refractivity contribution in [3.05, 3.63) is 29.3 Å². The minimum absolute atomic E-state index is 0.415. The van der Waals surface area contributed by atoms with Crippen LogP contribution in [0.4, 0.5) is 4.79 Å². The van der Waals surface area contributed by atoms with Gasteiger partial charge in [-0.1, -0.05) is 17.9 Å². The fraction of sp³-hybridized carbons (Fsp3) is 0.471. The van der Waals surface area contributed by atoms with Crippen LogP contribution in [0.25, 0.3) is 0 Å². The van der Waals surface area contributed by atoms with E-state index in [1.807, 2.05) is 45.9 Å². The van der Waals surface area contributed by atoms with Gasteiger partial charge in [-0.05, 0) is 45.4 Å². The van der Waals surface area contributed by atoms with E-state index in [1.165, 1.54) is 0 Å². The van der Waals surface area contributed by atoms with Crippen molar-refractivity contribution in [1.29, 1.82) is 0 Å². The number of nitrogens with one attached hydrogen (secondary N) is 1. The number of hydrogen-bond acceptors (Lipinski definition) is 3. The molecule has 0 atom stereocenters.